The summed E-state index contributed by atoms with van der Waals surface area (Å²) in [5.74, 6) is 0.139. The van der Waals surface area contributed by atoms with Gasteiger partial charge in [0.05, 0.1) is 5.56 Å². The molecular weight excluding hydrogens is 371 g/mol. The Labute approximate surface area is 162 Å². The van der Waals surface area contributed by atoms with Gasteiger partial charge in [-0.25, -0.2) is 4.79 Å². The Hall–Kier alpha value is -2.25. The van der Waals surface area contributed by atoms with Gasteiger partial charge in [0.2, 0.25) is 5.91 Å². The van der Waals surface area contributed by atoms with Gasteiger partial charge < -0.3 is 15.5 Å². The van der Waals surface area contributed by atoms with Crippen LogP contribution in [0.5, 0.6) is 0 Å². The molecule has 28 heavy (non-hydrogen) atoms. The Morgan fingerprint density at radius 1 is 1.11 bits per heavy atom. The first kappa shape index (κ1) is 20.5. The maximum absolute atomic E-state index is 12.7. The molecule has 2 aliphatic rings. The average molecular weight is 397 g/mol. The van der Waals surface area contributed by atoms with Crippen molar-refractivity contribution in [2.24, 2.45) is 5.92 Å². The molecule has 0 radical (unpaired) electrons. The molecule has 1 aromatic rings. The summed E-state index contributed by atoms with van der Waals surface area (Å²) in [6, 6.07) is 4.39. The summed E-state index contributed by atoms with van der Waals surface area (Å²) in [5.41, 5.74) is -0.350. The van der Waals surface area contributed by atoms with Gasteiger partial charge >= 0.3 is 12.2 Å². The summed E-state index contributed by atoms with van der Waals surface area (Å²) in [6.07, 6.45) is 0.986. The van der Waals surface area contributed by atoms with Gasteiger partial charge in [-0.3, -0.25) is 4.79 Å². The second-order valence-electron chi connectivity index (χ2n) is 7.62. The highest BCUT2D eigenvalue weighted by Crippen LogP contribution is 2.30. The fraction of sp³-hybridized carbons (Fsp3) is 0.600. The lowest BCUT2D eigenvalue weighted by molar-refractivity contribution is -0.138. The lowest BCUT2D eigenvalue weighted by Crippen LogP contribution is -2.42. The number of carbonyl (C=O) groups is 2. The van der Waals surface area contributed by atoms with Gasteiger partial charge in [-0.15, -0.1) is 0 Å². The molecule has 2 N–H and O–H groups in total. The zero-order valence-electron chi connectivity index (χ0n) is 15.7. The molecule has 3 rings (SSSR count). The van der Waals surface area contributed by atoms with Gasteiger partial charge in [-0.1, -0.05) is 12.1 Å². The van der Waals surface area contributed by atoms with E-state index >= 15 is 0 Å². The number of likely N-dealkylation sites (tertiary alicyclic amines) is 1. The third-order valence-corrected chi connectivity index (χ3v) is 5.49. The minimum Gasteiger partial charge on any atom is -0.342 e. The number of hydrogen-bond donors (Lipinski definition) is 2. The Balaban J connectivity index is 1.44. The van der Waals surface area contributed by atoms with Crippen molar-refractivity contribution in [1.82, 2.24) is 15.5 Å². The number of alkyl halides is 3. The van der Waals surface area contributed by atoms with E-state index in [4.69, 9.17) is 0 Å². The van der Waals surface area contributed by atoms with Crippen molar-refractivity contribution in [2.75, 3.05) is 13.1 Å². The van der Waals surface area contributed by atoms with Crippen molar-refractivity contribution in [1.29, 1.82) is 0 Å². The molecule has 1 saturated carbocycles. The molecule has 2 atom stereocenters. The van der Waals surface area contributed by atoms with E-state index in [0.29, 0.717) is 12.0 Å². The van der Waals surface area contributed by atoms with Crippen LogP contribution in [0.3, 0.4) is 0 Å². The highest BCUT2D eigenvalue weighted by molar-refractivity contribution is 5.80. The molecular formula is C20H26F3N3O2. The molecule has 1 aromatic carbocycles. The van der Waals surface area contributed by atoms with Crippen LogP contribution in [0, 0.1) is 5.92 Å². The zero-order valence-corrected chi connectivity index (χ0v) is 15.7. The SMILES string of the molecule is O=C(NCc1cccc(C(F)(F)F)c1)N[C@@H]1CC[C@H](C(=O)N2CCCCC2)C1. The minimum atomic E-state index is -4.40. The first-order valence-corrected chi connectivity index (χ1v) is 9.82. The van der Waals surface area contributed by atoms with Crippen LogP contribution in [0.15, 0.2) is 24.3 Å². The van der Waals surface area contributed by atoms with Crippen LogP contribution >= 0.6 is 0 Å². The average Bonchev–Trinajstić information content (AvgIpc) is 3.14. The van der Waals surface area contributed by atoms with Crippen LogP contribution in [0.4, 0.5) is 18.0 Å². The van der Waals surface area contributed by atoms with Crippen LogP contribution in [-0.2, 0) is 17.5 Å². The summed E-state index contributed by atoms with van der Waals surface area (Å²) in [6.45, 7) is 1.66. The number of carbonyl (C=O) groups excluding carboxylic acids is 2. The molecule has 1 aliphatic carbocycles. The molecule has 1 aliphatic heterocycles. The minimum absolute atomic E-state index is 0.0125. The molecule has 0 aromatic heterocycles. The number of nitrogens with zero attached hydrogens (tertiary/aromatic N) is 1. The number of rotatable bonds is 4. The van der Waals surface area contributed by atoms with Crippen LogP contribution in [0.2, 0.25) is 0 Å². The van der Waals surface area contributed by atoms with Gasteiger partial charge in [0.1, 0.15) is 0 Å². The lowest BCUT2D eigenvalue weighted by Gasteiger charge is -2.29. The number of hydrogen-bond acceptors (Lipinski definition) is 2. The summed E-state index contributed by atoms with van der Waals surface area (Å²) in [5, 5.41) is 5.44. The fourth-order valence-corrected chi connectivity index (χ4v) is 3.99. The second kappa shape index (κ2) is 8.84. The number of benzene rings is 1. The van der Waals surface area contributed by atoms with Crippen molar-refractivity contribution < 1.29 is 22.8 Å². The number of halogens is 3. The van der Waals surface area contributed by atoms with Crippen LogP contribution in [0.25, 0.3) is 0 Å². The number of nitrogens with one attached hydrogen (secondary N) is 2. The summed E-state index contributed by atoms with van der Waals surface area (Å²) < 4.78 is 38.2. The van der Waals surface area contributed by atoms with E-state index < -0.39 is 17.8 Å². The molecule has 3 amide bonds. The monoisotopic (exact) mass is 397 g/mol. The van der Waals surface area contributed by atoms with Gasteiger partial charge in [0.25, 0.3) is 0 Å². The standard InChI is InChI=1S/C20H26F3N3O2/c21-20(22,23)16-6-4-5-14(11-16)13-24-19(28)25-17-8-7-15(12-17)18(27)26-9-2-1-3-10-26/h4-6,11,15,17H,1-3,7-10,12-13H2,(H2,24,25,28)/t15-,17+/m0/s1. The third kappa shape index (κ3) is 5.39. The molecule has 0 spiro atoms. The first-order valence-electron chi connectivity index (χ1n) is 9.82. The van der Waals surface area contributed by atoms with Gasteiger partial charge in [-0.2, -0.15) is 13.2 Å². The normalized spacial score (nSPS) is 22.8. The molecule has 154 valence electrons. The van der Waals surface area contributed by atoms with E-state index in [1.54, 1.807) is 6.07 Å². The van der Waals surface area contributed by atoms with E-state index in [-0.39, 0.29) is 24.4 Å². The Bertz CT molecular complexity index is 702. The molecule has 8 heteroatoms. The number of amides is 3. The van der Waals surface area contributed by atoms with Crippen molar-refractivity contribution in [3.63, 3.8) is 0 Å². The molecule has 1 saturated heterocycles. The topological polar surface area (TPSA) is 61.4 Å². The van der Waals surface area contributed by atoms with E-state index in [2.05, 4.69) is 10.6 Å². The summed E-state index contributed by atoms with van der Waals surface area (Å²) >= 11 is 0. The molecule has 5 nitrogen and oxygen atoms in total. The van der Waals surface area contributed by atoms with Crippen molar-refractivity contribution >= 4 is 11.9 Å². The highest BCUT2D eigenvalue weighted by Gasteiger charge is 2.34. The second-order valence-corrected chi connectivity index (χ2v) is 7.62. The number of piperidine rings is 1. The lowest BCUT2D eigenvalue weighted by atomic mass is 10.0. The van der Waals surface area contributed by atoms with Crippen molar-refractivity contribution in [3.8, 4) is 0 Å². The summed E-state index contributed by atoms with van der Waals surface area (Å²) in [7, 11) is 0. The zero-order chi connectivity index (χ0) is 20.1. The van der Waals surface area contributed by atoms with E-state index in [0.717, 1.165) is 50.9 Å². The van der Waals surface area contributed by atoms with Gasteiger partial charge in [-0.05, 0) is 56.2 Å². The predicted molar refractivity (Wildman–Crippen MR) is 98.4 cm³/mol. The Kier molecular flexibility index (Phi) is 6.46. The number of urea groups is 1. The molecule has 0 bridgehead atoms. The maximum Gasteiger partial charge on any atom is 0.416 e. The van der Waals surface area contributed by atoms with E-state index in [1.807, 2.05) is 4.90 Å². The van der Waals surface area contributed by atoms with Crippen LogP contribution < -0.4 is 10.6 Å². The van der Waals surface area contributed by atoms with Crippen molar-refractivity contribution in [3.05, 3.63) is 35.4 Å². The van der Waals surface area contributed by atoms with Gasteiger partial charge in [0, 0.05) is 31.6 Å². The van der Waals surface area contributed by atoms with Crippen molar-refractivity contribution in [2.45, 2.75) is 57.3 Å². The van der Waals surface area contributed by atoms with Crippen LogP contribution in [0.1, 0.15) is 49.7 Å². The summed E-state index contributed by atoms with van der Waals surface area (Å²) in [4.78, 5) is 26.6. The molecule has 0 unspecified atom stereocenters. The largest absolute Gasteiger partial charge is 0.416 e. The third-order valence-electron chi connectivity index (χ3n) is 5.49. The predicted octanol–water partition coefficient (Wildman–Crippen LogP) is 3.69. The quantitative estimate of drug-likeness (QED) is 0.814. The highest BCUT2D eigenvalue weighted by atomic mass is 19.4. The molecule has 1 heterocycles. The van der Waals surface area contributed by atoms with E-state index in [1.165, 1.54) is 12.5 Å². The van der Waals surface area contributed by atoms with Gasteiger partial charge in [0.15, 0.2) is 0 Å². The van der Waals surface area contributed by atoms with Crippen LogP contribution in [-0.4, -0.2) is 36.0 Å². The Morgan fingerprint density at radius 2 is 1.86 bits per heavy atom. The van der Waals surface area contributed by atoms with E-state index in [9.17, 15) is 22.8 Å². The smallest absolute Gasteiger partial charge is 0.342 e. The Morgan fingerprint density at radius 3 is 2.57 bits per heavy atom. The first-order chi connectivity index (χ1) is 13.3. The maximum atomic E-state index is 12.7. The molecule has 2 fully saturated rings. The fourth-order valence-electron chi connectivity index (χ4n) is 3.99.